The van der Waals surface area contributed by atoms with Gasteiger partial charge in [0.2, 0.25) is 0 Å². The van der Waals surface area contributed by atoms with Crippen LogP contribution in [0.2, 0.25) is 0 Å². The predicted octanol–water partition coefficient (Wildman–Crippen LogP) is 18.3. The van der Waals surface area contributed by atoms with Crippen molar-refractivity contribution >= 4 is 17.9 Å². The Balaban J connectivity index is 4.36. The Morgan fingerprint density at radius 3 is 1.00 bits per heavy atom. The minimum Gasteiger partial charge on any atom is -0.462 e. The molecule has 0 N–H and O–H groups in total. The standard InChI is InChI=1S/C58H104O6/c1-4-7-10-13-16-19-22-25-27-29-30-32-33-36-39-42-45-48-51-57(60)63-54-55(53-62-56(59)50-47-44-41-38-35-24-21-18-15-12-9-6-3)64-58(61)52-49-46-43-40-37-34-31-28-26-23-20-17-14-11-8-5-2/h9,12,18,21,28,31,35,38,55H,4-8,10-11,13-17,19-20,22-27,29-30,32-34,36-37,39-54H2,1-3H3/b12-9-,21-18-,31-28-,38-35-. The maximum absolute atomic E-state index is 12.8. The summed E-state index contributed by atoms with van der Waals surface area (Å²) in [6.45, 7) is 6.51. The lowest BCUT2D eigenvalue weighted by molar-refractivity contribution is -0.167. The number of carbonyl (C=O) groups is 3. The van der Waals surface area contributed by atoms with Crippen molar-refractivity contribution in [2.45, 2.75) is 290 Å². The average Bonchev–Trinajstić information content (AvgIpc) is 3.29. The summed E-state index contributed by atoms with van der Waals surface area (Å²) in [5, 5.41) is 0. The molecule has 1 unspecified atom stereocenters. The van der Waals surface area contributed by atoms with Crippen LogP contribution in [0.15, 0.2) is 48.6 Å². The fraction of sp³-hybridized carbons (Fsp3) is 0.810. The topological polar surface area (TPSA) is 78.9 Å². The summed E-state index contributed by atoms with van der Waals surface area (Å²) >= 11 is 0. The van der Waals surface area contributed by atoms with Crippen molar-refractivity contribution in [1.29, 1.82) is 0 Å². The molecule has 0 heterocycles. The molecule has 0 fully saturated rings. The van der Waals surface area contributed by atoms with E-state index in [0.717, 1.165) is 89.9 Å². The summed E-state index contributed by atoms with van der Waals surface area (Å²) in [4.78, 5) is 38.0. The maximum Gasteiger partial charge on any atom is 0.306 e. The van der Waals surface area contributed by atoms with Crippen LogP contribution in [0, 0.1) is 0 Å². The number of hydrogen-bond acceptors (Lipinski definition) is 6. The van der Waals surface area contributed by atoms with Gasteiger partial charge < -0.3 is 14.2 Å². The van der Waals surface area contributed by atoms with Gasteiger partial charge in [-0.3, -0.25) is 14.4 Å². The van der Waals surface area contributed by atoms with E-state index in [2.05, 4.69) is 69.4 Å². The van der Waals surface area contributed by atoms with Crippen molar-refractivity contribution in [3.05, 3.63) is 48.6 Å². The van der Waals surface area contributed by atoms with E-state index in [-0.39, 0.29) is 31.1 Å². The molecule has 0 saturated carbocycles. The van der Waals surface area contributed by atoms with E-state index < -0.39 is 6.10 Å². The van der Waals surface area contributed by atoms with Crippen LogP contribution in [-0.4, -0.2) is 37.2 Å². The van der Waals surface area contributed by atoms with Gasteiger partial charge in [0.15, 0.2) is 6.10 Å². The minimum atomic E-state index is -0.790. The first-order chi connectivity index (χ1) is 31.5. The van der Waals surface area contributed by atoms with Crippen LogP contribution < -0.4 is 0 Å². The molecule has 0 aromatic carbocycles. The molecule has 0 aromatic heterocycles. The van der Waals surface area contributed by atoms with Gasteiger partial charge in [0.05, 0.1) is 0 Å². The molecule has 0 spiro atoms. The van der Waals surface area contributed by atoms with E-state index in [4.69, 9.17) is 14.2 Å². The third-order valence-electron chi connectivity index (χ3n) is 12.1. The molecule has 0 aliphatic carbocycles. The smallest absolute Gasteiger partial charge is 0.306 e. The van der Waals surface area contributed by atoms with Crippen LogP contribution in [0.1, 0.15) is 284 Å². The second-order valence-electron chi connectivity index (χ2n) is 18.5. The number of carbonyl (C=O) groups excluding carboxylic acids is 3. The summed E-state index contributed by atoms with van der Waals surface area (Å²) in [7, 11) is 0. The second kappa shape index (κ2) is 53.0. The molecule has 64 heavy (non-hydrogen) atoms. The highest BCUT2D eigenvalue weighted by atomic mass is 16.6. The Kier molecular flexibility index (Phi) is 50.8. The lowest BCUT2D eigenvalue weighted by Crippen LogP contribution is -2.30. The molecular formula is C58H104O6. The summed E-state index contributed by atoms with van der Waals surface area (Å²) in [5.41, 5.74) is 0. The molecule has 0 radical (unpaired) electrons. The van der Waals surface area contributed by atoms with Gasteiger partial charge in [-0.25, -0.2) is 0 Å². The lowest BCUT2D eigenvalue weighted by Gasteiger charge is -2.18. The molecule has 1 atom stereocenters. The molecule has 6 nitrogen and oxygen atoms in total. The summed E-state index contributed by atoms with van der Waals surface area (Å²) < 4.78 is 16.8. The highest BCUT2D eigenvalue weighted by Gasteiger charge is 2.19. The number of allylic oxidation sites excluding steroid dienone is 8. The molecule has 0 aromatic rings. The van der Waals surface area contributed by atoms with Crippen LogP contribution >= 0.6 is 0 Å². The first kappa shape index (κ1) is 61.4. The van der Waals surface area contributed by atoms with E-state index in [1.807, 2.05) is 0 Å². The minimum absolute atomic E-state index is 0.0858. The zero-order valence-corrected chi connectivity index (χ0v) is 42.6. The Morgan fingerprint density at radius 2 is 0.609 bits per heavy atom. The number of rotatable bonds is 50. The van der Waals surface area contributed by atoms with E-state index in [1.54, 1.807) is 0 Å². The third kappa shape index (κ3) is 50.4. The van der Waals surface area contributed by atoms with Crippen molar-refractivity contribution in [3.8, 4) is 0 Å². The fourth-order valence-electron chi connectivity index (χ4n) is 7.92. The molecule has 0 bridgehead atoms. The summed E-state index contributed by atoms with van der Waals surface area (Å²) in [6, 6.07) is 0. The summed E-state index contributed by atoms with van der Waals surface area (Å²) in [6.07, 6.45) is 63.9. The van der Waals surface area contributed by atoms with E-state index in [1.165, 1.54) is 154 Å². The fourth-order valence-corrected chi connectivity index (χ4v) is 7.92. The van der Waals surface area contributed by atoms with Crippen molar-refractivity contribution in [2.24, 2.45) is 0 Å². The zero-order chi connectivity index (χ0) is 46.5. The largest absolute Gasteiger partial charge is 0.462 e. The third-order valence-corrected chi connectivity index (χ3v) is 12.1. The van der Waals surface area contributed by atoms with Gasteiger partial charge in [-0.2, -0.15) is 0 Å². The van der Waals surface area contributed by atoms with Crippen molar-refractivity contribution < 1.29 is 28.6 Å². The number of hydrogen-bond donors (Lipinski definition) is 0. The van der Waals surface area contributed by atoms with Gasteiger partial charge >= 0.3 is 17.9 Å². The number of ether oxygens (including phenoxy) is 3. The van der Waals surface area contributed by atoms with Gasteiger partial charge in [0.25, 0.3) is 0 Å². The van der Waals surface area contributed by atoms with Crippen LogP contribution in [-0.2, 0) is 28.6 Å². The molecule has 372 valence electrons. The van der Waals surface area contributed by atoms with E-state index in [0.29, 0.717) is 19.3 Å². The first-order valence-corrected chi connectivity index (χ1v) is 27.6. The molecule has 0 amide bonds. The van der Waals surface area contributed by atoms with Crippen LogP contribution in [0.4, 0.5) is 0 Å². The Bertz CT molecular complexity index is 1120. The predicted molar refractivity (Wildman–Crippen MR) is 275 cm³/mol. The normalized spacial score (nSPS) is 12.4. The Labute approximate surface area is 397 Å². The molecule has 0 aliphatic heterocycles. The molecule has 0 rings (SSSR count). The second-order valence-corrected chi connectivity index (χ2v) is 18.5. The molecule has 6 heteroatoms. The molecular weight excluding hydrogens is 793 g/mol. The van der Waals surface area contributed by atoms with Crippen molar-refractivity contribution in [2.75, 3.05) is 13.2 Å². The highest BCUT2D eigenvalue weighted by molar-refractivity contribution is 5.71. The highest BCUT2D eigenvalue weighted by Crippen LogP contribution is 2.16. The van der Waals surface area contributed by atoms with Crippen LogP contribution in [0.5, 0.6) is 0 Å². The van der Waals surface area contributed by atoms with E-state index >= 15 is 0 Å². The van der Waals surface area contributed by atoms with Crippen LogP contribution in [0.25, 0.3) is 0 Å². The van der Waals surface area contributed by atoms with Crippen LogP contribution in [0.3, 0.4) is 0 Å². The SMILES string of the molecule is CC/C=C\C/C=C\C/C=C\CCCCC(=O)OCC(COC(=O)CCCCCCCCCCCCCCCCCCCC)OC(=O)CCCCCCC/C=C\CCCCCCCCC. The quantitative estimate of drug-likeness (QED) is 0.0262. The Morgan fingerprint density at radius 1 is 0.328 bits per heavy atom. The average molecular weight is 897 g/mol. The van der Waals surface area contributed by atoms with Gasteiger partial charge in [0.1, 0.15) is 13.2 Å². The van der Waals surface area contributed by atoms with Crippen molar-refractivity contribution in [3.63, 3.8) is 0 Å². The summed E-state index contributed by atoms with van der Waals surface area (Å²) in [5.74, 6) is -0.924. The van der Waals surface area contributed by atoms with E-state index in [9.17, 15) is 14.4 Å². The zero-order valence-electron chi connectivity index (χ0n) is 42.6. The molecule has 0 saturated heterocycles. The number of unbranched alkanes of at least 4 members (excludes halogenated alkanes) is 31. The van der Waals surface area contributed by atoms with Gasteiger partial charge in [0, 0.05) is 19.3 Å². The van der Waals surface area contributed by atoms with Gasteiger partial charge in [-0.15, -0.1) is 0 Å². The molecule has 0 aliphatic rings. The number of esters is 3. The van der Waals surface area contributed by atoms with Gasteiger partial charge in [-0.05, 0) is 77.0 Å². The van der Waals surface area contributed by atoms with Crippen molar-refractivity contribution in [1.82, 2.24) is 0 Å². The van der Waals surface area contributed by atoms with Gasteiger partial charge in [-0.1, -0.05) is 236 Å². The monoisotopic (exact) mass is 897 g/mol. The lowest BCUT2D eigenvalue weighted by atomic mass is 10.0. The Hall–Kier alpha value is -2.63. The first-order valence-electron chi connectivity index (χ1n) is 27.6. The maximum atomic E-state index is 12.8.